The van der Waals surface area contributed by atoms with Gasteiger partial charge in [0, 0.05) is 11.6 Å². The molecule has 2 aromatic rings. The van der Waals surface area contributed by atoms with Crippen LogP contribution in [0, 0.1) is 18.6 Å². The molecule has 0 bridgehead atoms. The van der Waals surface area contributed by atoms with Gasteiger partial charge in [0.25, 0.3) is 0 Å². The summed E-state index contributed by atoms with van der Waals surface area (Å²) in [5.74, 6) is -0.323. The molecule has 0 amide bonds. The predicted octanol–water partition coefficient (Wildman–Crippen LogP) is 3.52. The minimum absolute atomic E-state index is 0.318. The Hall–Kier alpha value is -1.94. The topological polar surface area (TPSA) is 35.2 Å². The van der Waals surface area contributed by atoms with Crippen LogP contribution in [0.25, 0.3) is 0 Å². The van der Waals surface area contributed by atoms with E-state index in [1.54, 1.807) is 18.2 Å². The molecule has 2 aromatic carbocycles. The number of halogens is 2. The normalized spacial score (nSPS) is 12.2. The summed E-state index contributed by atoms with van der Waals surface area (Å²) in [7, 11) is 1.47. The molecule has 20 heavy (non-hydrogen) atoms. The Bertz CT molecular complexity index is 613. The second-order valence-electron chi connectivity index (χ2n) is 4.74. The fourth-order valence-electron chi connectivity index (χ4n) is 2.25. The maximum Gasteiger partial charge on any atom is 0.131 e. The maximum absolute atomic E-state index is 13.9. The Kier molecular flexibility index (Phi) is 4.35. The van der Waals surface area contributed by atoms with Gasteiger partial charge in [0.05, 0.1) is 7.11 Å². The first-order valence-corrected chi connectivity index (χ1v) is 6.36. The zero-order valence-electron chi connectivity index (χ0n) is 11.5. The Labute approximate surface area is 117 Å². The number of ether oxygens (including phenoxy) is 1. The van der Waals surface area contributed by atoms with Gasteiger partial charge in [-0.1, -0.05) is 12.1 Å². The van der Waals surface area contributed by atoms with E-state index in [1.807, 2.05) is 6.92 Å². The SMILES string of the molecule is COc1cccc(F)c1C(N)Cc1cc(F)ccc1C. The molecule has 1 atom stereocenters. The van der Waals surface area contributed by atoms with Crippen molar-refractivity contribution < 1.29 is 13.5 Å². The van der Waals surface area contributed by atoms with Crippen molar-refractivity contribution in [1.29, 1.82) is 0 Å². The van der Waals surface area contributed by atoms with E-state index in [2.05, 4.69) is 0 Å². The lowest BCUT2D eigenvalue weighted by Gasteiger charge is -2.17. The number of rotatable bonds is 4. The second kappa shape index (κ2) is 6.01. The van der Waals surface area contributed by atoms with Crippen LogP contribution in [-0.2, 0) is 6.42 Å². The first-order chi connectivity index (χ1) is 9.52. The van der Waals surface area contributed by atoms with Crippen molar-refractivity contribution in [2.24, 2.45) is 5.73 Å². The third-order valence-corrected chi connectivity index (χ3v) is 3.35. The zero-order chi connectivity index (χ0) is 14.7. The number of nitrogens with two attached hydrogens (primary N) is 1. The smallest absolute Gasteiger partial charge is 0.131 e. The van der Waals surface area contributed by atoms with Gasteiger partial charge in [-0.3, -0.25) is 0 Å². The molecule has 0 aromatic heterocycles. The molecule has 2 N–H and O–H groups in total. The molecule has 2 rings (SSSR count). The van der Waals surface area contributed by atoms with E-state index in [0.29, 0.717) is 17.7 Å². The van der Waals surface area contributed by atoms with Crippen LogP contribution in [0.15, 0.2) is 36.4 Å². The van der Waals surface area contributed by atoms with Gasteiger partial charge in [-0.15, -0.1) is 0 Å². The van der Waals surface area contributed by atoms with Crippen molar-refractivity contribution in [2.75, 3.05) is 7.11 Å². The Morgan fingerprint density at radius 1 is 1.20 bits per heavy atom. The highest BCUT2D eigenvalue weighted by atomic mass is 19.1. The van der Waals surface area contributed by atoms with Crippen molar-refractivity contribution in [3.05, 3.63) is 64.7 Å². The van der Waals surface area contributed by atoms with Crippen LogP contribution in [0.3, 0.4) is 0 Å². The quantitative estimate of drug-likeness (QED) is 0.928. The van der Waals surface area contributed by atoms with Crippen LogP contribution in [0.1, 0.15) is 22.7 Å². The molecule has 0 fully saturated rings. The first-order valence-electron chi connectivity index (χ1n) is 6.36. The molecule has 0 saturated heterocycles. The molecule has 0 aliphatic heterocycles. The van der Waals surface area contributed by atoms with Gasteiger partial charge in [0.1, 0.15) is 17.4 Å². The monoisotopic (exact) mass is 277 g/mol. The molecule has 0 aliphatic rings. The molecular weight excluding hydrogens is 260 g/mol. The molecule has 0 aliphatic carbocycles. The highest BCUT2D eigenvalue weighted by Crippen LogP contribution is 2.29. The Balaban J connectivity index is 2.33. The van der Waals surface area contributed by atoms with Gasteiger partial charge < -0.3 is 10.5 Å². The predicted molar refractivity (Wildman–Crippen MR) is 74.7 cm³/mol. The fraction of sp³-hybridized carbons (Fsp3) is 0.250. The number of benzene rings is 2. The number of hydrogen-bond donors (Lipinski definition) is 1. The third kappa shape index (κ3) is 2.96. The molecule has 4 heteroatoms. The van der Waals surface area contributed by atoms with Gasteiger partial charge in [0.2, 0.25) is 0 Å². The van der Waals surface area contributed by atoms with Gasteiger partial charge in [-0.25, -0.2) is 8.78 Å². The molecule has 1 unspecified atom stereocenters. The third-order valence-electron chi connectivity index (χ3n) is 3.35. The van der Waals surface area contributed by atoms with Crippen LogP contribution < -0.4 is 10.5 Å². The summed E-state index contributed by atoms with van der Waals surface area (Å²) in [5, 5.41) is 0. The van der Waals surface area contributed by atoms with Crippen molar-refractivity contribution >= 4 is 0 Å². The van der Waals surface area contributed by atoms with Crippen molar-refractivity contribution in [2.45, 2.75) is 19.4 Å². The second-order valence-corrected chi connectivity index (χ2v) is 4.74. The summed E-state index contributed by atoms with van der Waals surface area (Å²) in [5.41, 5.74) is 8.09. The lowest BCUT2D eigenvalue weighted by Crippen LogP contribution is -2.17. The summed E-state index contributed by atoms with van der Waals surface area (Å²) >= 11 is 0. The highest BCUT2D eigenvalue weighted by molar-refractivity contribution is 5.39. The standard InChI is InChI=1S/C16H17F2NO/c1-10-6-7-12(17)8-11(10)9-14(19)16-13(18)4-3-5-15(16)20-2/h3-8,14H,9,19H2,1-2H3. The molecule has 0 spiro atoms. The minimum atomic E-state index is -0.591. The van der Waals surface area contributed by atoms with E-state index < -0.39 is 11.9 Å². The van der Waals surface area contributed by atoms with Gasteiger partial charge in [0.15, 0.2) is 0 Å². The van der Waals surface area contributed by atoms with Crippen LogP contribution >= 0.6 is 0 Å². The van der Waals surface area contributed by atoms with Crippen molar-refractivity contribution in [1.82, 2.24) is 0 Å². The van der Waals surface area contributed by atoms with Crippen LogP contribution in [-0.4, -0.2) is 7.11 Å². The Morgan fingerprint density at radius 2 is 1.95 bits per heavy atom. The molecule has 0 radical (unpaired) electrons. The number of aryl methyl sites for hydroxylation is 1. The van der Waals surface area contributed by atoms with Crippen molar-refractivity contribution in [3.8, 4) is 5.75 Å². The summed E-state index contributed by atoms with van der Waals surface area (Å²) in [6, 6.07) is 8.50. The average molecular weight is 277 g/mol. The van der Waals surface area contributed by atoms with Gasteiger partial charge in [-0.05, 0) is 48.7 Å². The van der Waals surface area contributed by atoms with Gasteiger partial charge >= 0.3 is 0 Å². The molecular formula is C16H17F2NO. The number of hydrogen-bond acceptors (Lipinski definition) is 2. The lowest BCUT2D eigenvalue weighted by atomic mass is 9.95. The lowest BCUT2D eigenvalue weighted by molar-refractivity contribution is 0.398. The molecule has 106 valence electrons. The van der Waals surface area contributed by atoms with Crippen molar-refractivity contribution in [3.63, 3.8) is 0 Å². The van der Waals surface area contributed by atoms with E-state index >= 15 is 0 Å². The maximum atomic E-state index is 13.9. The average Bonchev–Trinajstić information content (AvgIpc) is 2.42. The molecule has 0 heterocycles. The summed E-state index contributed by atoms with van der Waals surface area (Å²) in [6.45, 7) is 1.88. The van der Waals surface area contributed by atoms with Crippen LogP contribution in [0.2, 0.25) is 0 Å². The summed E-state index contributed by atoms with van der Waals surface area (Å²) < 4.78 is 32.4. The fourth-order valence-corrected chi connectivity index (χ4v) is 2.25. The minimum Gasteiger partial charge on any atom is -0.496 e. The van der Waals surface area contributed by atoms with E-state index in [1.165, 1.54) is 25.3 Å². The summed E-state index contributed by atoms with van der Waals surface area (Å²) in [6.07, 6.45) is 0.348. The molecule has 0 saturated carbocycles. The number of methoxy groups -OCH3 is 1. The van der Waals surface area contributed by atoms with Crippen LogP contribution in [0.4, 0.5) is 8.78 Å². The first kappa shape index (κ1) is 14.5. The van der Waals surface area contributed by atoms with E-state index in [-0.39, 0.29) is 5.82 Å². The molecule has 2 nitrogen and oxygen atoms in total. The zero-order valence-corrected chi connectivity index (χ0v) is 11.5. The van der Waals surface area contributed by atoms with E-state index in [0.717, 1.165) is 11.1 Å². The Morgan fingerprint density at radius 3 is 2.65 bits per heavy atom. The summed E-state index contributed by atoms with van der Waals surface area (Å²) in [4.78, 5) is 0. The van der Waals surface area contributed by atoms with E-state index in [4.69, 9.17) is 10.5 Å². The highest BCUT2D eigenvalue weighted by Gasteiger charge is 2.18. The van der Waals surface area contributed by atoms with Gasteiger partial charge in [-0.2, -0.15) is 0 Å². The largest absolute Gasteiger partial charge is 0.496 e. The van der Waals surface area contributed by atoms with E-state index in [9.17, 15) is 8.78 Å². The van der Waals surface area contributed by atoms with Crippen LogP contribution in [0.5, 0.6) is 5.75 Å².